The van der Waals surface area contributed by atoms with Crippen molar-refractivity contribution in [1.82, 2.24) is 0 Å². The van der Waals surface area contributed by atoms with Crippen LogP contribution in [0, 0.1) is 11.3 Å². The Morgan fingerprint density at radius 2 is 2.36 bits per heavy atom. The lowest BCUT2D eigenvalue weighted by Gasteiger charge is -2.29. The summed E-state index contributed by atoms with van der Waals surface area (Å²) in [5, 5.41) is 8.69. The molecule has 1 aliphatic heterocycles. The van der Waals surface area contributed by atoms with Crippen molar-refractivity contribution in [3.8, 4) is 6.07 Å². The van der Waals surface area contributed by atoms with E-state index >= 15 is 0 Å². The fourth-order valence-corrected chi connectivity index (χ4v) is 1.98. The Morgan fingerprint density at radius 1 is 1.50 bits per heavy atom. The molecule has 1 aliphatic rings. The van der Waals surface area contributed by atoms with Crippen LogP contribution in [0.25, 0.3) is 0 Å². The average Bonchev–Trinajstić information content (AvgIpc) is 2.20. The van der Waals surface area contributed by atoms with Crippen LogP contribution in [0.4, 0.5) is 11.4 Å². The van der Waals surface area contributed by atoms with Gasteiger partial charge in [0.05, 0.1) is 6.07 Å². The fourth-order valence-electron chi connectivity index (χ4n) is 1.98. The highest BCUT2D eigenvalue weighted by Gasteiger charge is 2.17. The molecule has 0 saturated heterocycles. The van der Waals surface area contributed by atoms with Crippen molar-refractivity contribution in [2.24, 2.45) is 0 Å². The molecule has 3 heteroatoms. The van der Waals surface area contributed by atoms with E-state index in [1.807, 2.05) is 18.2 Å². The van der Waals surface area contributed by atoms with E-state index in [0.29, 0.717) is 6.54 Å². The largest absolute Gasteiger partial charge is 0.398 e. The molecule has 72 valence electrons. The third-order valence-corrected chi connectivity index (χ3v) is 2.64. The average molecular weight is 187 g/mol. The normalized spacial score (nSPS) is 14.6. The van der Waals surface area contributed by atoms with Crippen LogP contribution >= 0.6 is 0 Å². The topological polar surface area (TPSA) is 53.0 Å². The van der Waals surface area contributed by atoms with Crippen molar-refractivity contribution in [2.45, 2.75) is 12.8 Å². The van der Waals surface area contributed by atoms with Crippen LogP contribution in [-0.4, -0.2) is 13.1 Å². The first-order chi connectivity index (χ1) is 6.83. The lowest BCUT2D eigenvalue weighted by Crippen LogP contribution is -2.29. The molecule has 1 heterocycles. The second kappa shape index (κ2) is 3.59. The van der Waals surface area contributed by atoms with Crippen LogP contribution in [0.3, 0.4) is 0 Å². The number of benzene rings is 1. The molecular formula is C11H13N3. The lowest BCUT2D eigenvalue weighted by molar-refractivity contribution is 0.726. The van der Waals surface area contributed by atoms with E-state index in [9.17, 15) is 0 Å². The van der Waals surface area contributed by atoms with Crippen molar-refractivity contribution in [1.29, 1.82) is 5.26 Å². The van der Waals surface area contributed by atoms with Gasteiger partial charge in [0.25, 0.3) is 0 Å². The maximum Gasteiger partial charge on any atom is 0.105 e. The van der Waals surface area contributed by atoms with Gasteiger partial charge in [0.2, 0.25) is 0 Å². The molecule has 0 aromatic heterocycles. The van der Waals surface area contributed by atoms with Gasteiger partial charge in [0, 0.05) is 17.9 Å². The van der Waals surface area contributed by atoms with Gasteiger partial charge in [0.15, 0.2) is 0 Å². The SMILES string of the molecule is N#CCN1CCCc2c(N)cccc21. The minimum absolute atomic E-state index is 0.455. The maximum absolute atomic E-state index is 8.69. The Kier molecular flexibility index (Phi) is 2.28. The van der Waals surface area contributed by atoms with Gasteiger partial charge >= 0.3 is 0 Å². The molecule has 3 nitrogen and oxygen atoms in total. The Bertz CT molecular complexity index is 379. The molecule has 0 aliphatic carbocycles. The third-order valence-electron chi connectivity index (χ3n) is 2.64. The molecule has 0 saturated carbocycles. The van der Waals surface area contributed by atoms with Gasteiger partial charge in [-0.2, -0.15) is 5.26 Å². The molecular weight excluding hydrogens is 174 g/mol. The summed E-state index contributed by atoms with van der Waals surface area (Å²) in [6, 6.07) is 8.10. The van der Waals surface area contributed by atoms with E-state index < -0.39 is 0 Å². The van der Waals surface area contributed by atoms with Gasteiger partial charge < -0.3 is 10.6 Å². The molecule has 2 rings (SSSR count). The third kappa shape index (κ3) is 1.39. The fraction of sp³-hybridized carbons (Fsp3) is 0.364. The number of anilines is 2. The summed E-state index contributed by atoms with van der Waals surface area (Å²) in [7, 11) is 0. The van der Waals surface area contributed by atoms with Crippen molar-refractivity contribution >= 4 is 11.4 Å². The van der Waals surface area contributed by atoms with Gasteiger partial charge in [-0.05, 0) is 30.5 Å². The van der Waals surface area contributed by atoms with Gasteiger partial charge in [0.1, 0.15) is 6.54 Å². The van der Waals surface area contributed by atoms with Gasteiger partial charge in [-0.15, -0.1) is 0 Å². The number of hydrogen-bond donors (Lipinski definition) is 1. The molecule has 0 bridgehead atoms. The minimum Gasteiger partial charge on any atom is -0.398 e. The quantitative estimate of drug-likeness (QED) is 0.536. The predicted molar refractivity (Wildman–Crippen MR) is 57.0 cm³/mol. The van der Waals surface area contributed by atoms with Crippen LogP contribution < -0.4 is 10.6 Å². The monoisotopic (exact) mass is 187 g/mol. The Hall–Kier alpha value is -1.69. The number of nitrogen functional groups attached to an aromatic ring is 1. The van der Waals surface area contributed by atoms with Gasteiger partial charge in [-0.1, -0.05) is 6.07 Å². The zero-order valence-corrected chi connectivity index (χ0v) is 8.03. The second-order valence-corrected chi connectivity index (χ2v) is 3.53. The first-order valence-corrected chi connectivity index (χ1v) is 4.82. The van der Waals surface area contributed by atoms with Crippen molar-refractivity contribution in [3.05, 3.63) is 23.8 Å². The summed E-state index contributed by atoms with van der Waals surface area (Å²) in [6.45, 7) is 1.42. The molecule has 0 spiro atoms. The molecule has 0 atom stereocenters. The summed E-state index contributed by atoms with van der Waals surface area (Å²) >= 11 is 0. The summed E-state index contributed by atoms with van der Waals surface area (Å²) in [5.41, 5.74) is 9.08. The summed E-state index contributed by atoms with van der Waals surface area (Å²) in [4.78, 5) is 2.09. The number of hydrogen-bond acceptors (Lipinski definition) is 3. The van der Waals surface area contributed by atoms with Crippen LogP contribution in [0.1, 0.15) is 12.0 Å². The number of nitrogens with zero attached hydrogens (tertiary/aromatic N) is 2. The minimum atomic E-state index is 0.455. The van der Waals surface area contributed by atoms with Crippen molar-refractivity contribution < 1.29 is 0 Å². The molecule has 0 unspecified atom stereocenters. The van der Waals surface area contributed by atoms with Crippen LogP contribution in [0.5, 0.6) is 0 Å². The van der Waals surface area contributed by atoms with E-state index in [2.05, 4.69) is 11.0 Å². The van der Waals surface area contributed by atoms with Gasteiger partial charge in [-0.3, -0.25) is 0 Å². The molecule has 0 fully saturated rings. The lowest BCUT2D eigenvalue weighted by atomic mass is 10.00. The van der Waals surface area contributed by atoms with Crippen LogP contribution in [0.15, 0.2) is 18.2 Å². The summed E-state index contributed by atoms with van der Waals surface area (Å²) in [6.07, 6.45) is 2.12. The van der Waals surface area contributed by atoms with E-state index in [1.165, 1.54) is 5.56 Å². The number of rotatable bonds is 1. The first kappa shape index (κ1) is 8.89. The van der Waals surface area contributed by atoms with Crippen LogP contribution in [-0.2, 0) is 6.42 Å². The number of nitriles is 1. The van der Waals surface area contributed by atoms with Crippen molar-refractivity contribution in [2.75, 3.05) is 23.7 Å². The zero-order chi connectivity index (χ0) is 9.97. The predicted octanol–water partition coefficient (Wildman–Crippen LogP) is 1.54. The highest BCUT2D eigenvalue weighted by molar-refractivity contribution is 5.66. The second-order valence-electron chi connectivity index (χ2n) is 3.53. The zero-order valence-electron chi connectivity index (χ0n) is 8.03. The van der Waals surface area contributed by atoms with Crippen molar-refractivity contribution in [3.63, 3.8) is 0 Å². The molecule has 1 aromatic rings. The molecule has 14 heavy (non-hydrogen) atoms. The summed E-state index contributed by atoms with van der Waals surface area (Å²) < 4.78 is 0. The summed E-state index contributed by atoms with van der Waals surface area (Å²) in [5.74, 6) is 0. The Balaban J connectivity index is 2.40. The maximum atomic E-state index is 8.69. The van der Waals surface area contributed by atoms with E-state index in [1.54, 1.807) is 0 Å². The molecule has 1 aromatic carbocycles. The van der Waals surface area contributed by atoms with Crippen LogP contribution in [0.2, 0.25) is 0 Å². The smallest absolute Gasteiger partial charge is 0.105 e. The highest BCUT2D eigenvalue weighted by atomic mass is 15.1. The molecule has 0 amide bonds. The van der Waals surface area contributed by atoms with E-state index in [0.717, 1.165) is 30.8 Å². The van der Waals surface area contributed by atoms with E-state index in [4.69, 9.17) is 11.0 Å². The standard InChI is InChI=1S/C11H13N3/c12-6-8-14-7-2-3-9-10(13)4-1-5-11(9)14/h1,4-5H,2-3,7-8,13H2. The first-order valence-electron chi connectivity index (χ1n) is 4.82. The van der Waals surface area contributed by atoms with Gasteiger partial charge in [-0.25, -0.2) is 0 Å². The van der Waals surface area contributed by atoms with E-state index in [-0.39, 0.29) is 0 Å². The Morgan fingerprint density at radius 3 is 3.14 bits per heavy atom. The molecule has 0 radical (unpaired) electrons. The number of fused-ring (bicyclic) bond motifs is 1. The highest BCUT2D eigenvalue weighted by Crippen LogP contribution is 2.30. The molecule has 2 N–H and O–H groups in total. The number of nitrogens with two attached hydrogens (primary N) is 1. The Labute approximate surface area is 83.7 Å².